The lowest BCUT2D eigenvalue weighted by Crippen LogP contribution is -2.41. The Morgan fingerprint density at radius 3 is 2.52 bits per heavy atom. The van der Waals surface area contributed by atoms with Crippen LogP contribution in [0.5, 0.6) is 0 Å². The van der Waals surface area contributed by atoms with E-state index in [0.717, 1.165) is 5.56 Å². The van der Waals surface area contributed by atoms with Crippen LogP contribution in [-0.2, 0) is 6.42 Å². The zero-order valence-electron chi connectivity index (χ0n) is 12.0. The molecule has 1 heterocycles. The van der Waals surface area contributed by atoms with Gasteiger partial charge in [-0.2, -0.15) is 0 Å². The minimum Gasteiger partial charge on any atom is -0.478 e. The Balaban J connectivity index is 1.76. The number of nitrogens with zero attached hydrogens (tertiary/aromatic N) is 1. The number of hydrogen-bond donors (Lipinski definition) is 3. The maximum Gasteiger partial charge on any atom is 0.335 e. The third kappa shape index (κ3) is 4.19. The van der Waals surface area contributed by atoms with Crippen molar-refractivity contribution in [2.24, 2.45) is 0 Å². The van der Waals surface area contributed by atoms with E-state index in [9.17, 15) is 14.7 Å². The van der Waals surface area contributed by atoms with Gasteiger partial charge in [-0.1, -0.05) is 12.1 Å². The van der Waals surface area contributed by atoms with E-state index in [2.05, 4.69) is 5.32 Å². The number of nitrogens with one attached hydrogen (secondary N) is 1. The van der Waals surface area contributed by atoms with Crippen molar-refractivity contribution in [1.82, 2.24) is 10.2 Å². The molecular weight excluding hydrogens is 272 g/mol. The summed E-state index contributed by atoms with van der Waals surface area (Å²) in [5, 5.41) is 21.4. The van der Waals surface area contributed by atoms with Crippen molar-refractivity contribution < 1.29 is 19.8 Å². The molecule has 21 heavy (non-hydrogen) atoms. The first-order chi connectivity index (χ1) is 9.87. The van der Waals surface area contributed by atoms with E-state index in [0.29, 0.717) is 32.5 Å². The smallest absolute Gasteiger partial charge is 0.335 e. The van der Waals surface area contributed by atoms with Gasteiger partial charge in [0.05, 0.1) is 17.7 Å². The quantitative estimate of drug-likeness (QED) is 0.775. The summed E-state index contributed by atoms with van der Waals surface area (Å²) in [7, 11) is 0. The van der Waals surface area contributed by atoms with Crippen molar-refractivity contribution in [1.29, 1.82) is 0 Å². The summed E-state index contributed by atoms with van der Waals surface area (Å²) in [5.41, 5.74) is 0.431. The van der Waals surface area contributed by atoms with Gasteiger partial charge >= 0.3 is 12.0 Å². The summed E-state index contributed by atoms with van der Waals surface area (Å²) in [6.07, 6.45) is 1.23. The van der Waals surface area contributed by atoms with Crippen LogP contribution in [0.15, 0.2) is 24.3 Å². The highest BCUT2D eigenvalue weighted by molar-refractivity contribution is 5.87. The molecule has 2 amide bonds. The number of amides is 2. The molecule has 0 spiro atoms. The van der Waals surface area contributed by atoms with Crippen LogP contribution in [0.1, 0.15) is 29.3 Å². The molecule has 0 radical (unpaired) electrons. The summed E-state index contributed by atoms with van der Waals surface area (Å²) in [4.78, 5) is 24.2. The third-order valence-electron chi connectivity index (χ3n) is 3.63. The summed E-state index contributed by atoms with van der Waals surface area (Å²) in [6.45, 7) is 3.12. The van der Waals surface area contributed by atoms with Gasteiger partial charge in [-0.05, 0) is 37.5 Å². The lowest BCUT2D eigenvalue weighted by Gasteiger charge is -2.19. The van der Waals surface area contributed by atoms with Gasteiger partial charge < -0.3 is 20.4 Å². The molecule has 1 atom stereocenters. The number of aliphatic hydroxyl groups is 1. The molecule has 1 aromatic rings. The van der Waals surface area contributed by atoms with Crippen LogP contribution in [-0.4, -0.2) is 52.3 Å². The van der Waals surface area contributed by atoms with E-state index in [4.69, 9.17) is 5.11 Å². The van der Waals surface area contributed by atoms with Gasteiger partial charge in [-0.3, -0.25) is 0 Å². The molecule has 114 valence electrons. The molecular formula is C15H20N2O4. The normalized spacial score (nSPS) is 21.3. The minimum atomic E-state index is -0.948. The predicted molar refractivity (Wildman–Crippen MR) is 77.3 cm³/mol. The fourth-order valence-corrected chi connectivity index (χ4v) is 2.36. The number of aromatic carboxylic acids is 1. The van der Waals surface area contributed by atoms with E-state index in [1.165, 1.54) is 0 Å². The maximum atomic E-state index is 11.9. The fraction of sp³-hybridized carbons (Fsp3) is 0.467. The van der Waals surface area contributed by atoms with Crippen molar-refractivity contribution in [2.45, 2.75) is 25.4 Å². The van der Waals surface area contributed by atoms with E-state index in [1.54, 1.807) is 36.1 Å². The lowest BCUT2D eigenvalue weighted by atomic mass is 10.1. The van der Waals surface area contributed by atoms with Crippen molar-refractivity contribution in [3.05, 3.63) is 35.4 Å². The molecule has 1 aromatic carbocycles. The molecule has 1 aliphatic rings. The van der Waals surface area contributed by atoms with Crippen molar-refractivity contribution in [3.8, 4) is 0 Å². The summed E-state index contributed by atoms with van der Waals surface area (Å²) >= 11 is 0. The number of carbonyl (C=O) groups is 2. The summed E-state index contributed by atoms with van der Waals surface area (Å²) in [6, 6.07) is 6.43. The first kappa shape index (κ1) is 15.3. The highest BCUT2D eigenvalue weighted by Gasteiger charge is 2.33. The molecule has 6 nitrogen and oxygen atoms in total. The Hall–Kier alpha value is -2.08. The fourth-order valence-electron chi connectivity index (χ4n) is 2.36. The number of β-amino-alcohol motifs (C(OH)–C–C–N with tert-alkyl or cyclic N) is 1. The van der Waals surface area contributed by atoms with Crippen LogP contribution >= 0.6 is 0 Å². The van der Waals surface area contributed by atoms with E-state index in [-0.39, 0.29) is 11.6 Å². The van der Waals surface area contributed by atoms with Crippen LogP contribution in [0, 0.1) is 0 Å². The first-order valence-corrected chi connectivity index (χ1v) is 6.95. The maximum absolute atomic E-state index is 11.9. The SMILES string of the molecule is CC1(O)CCN(C(=O)NCCc2ccc(C(=O)O)cc2)C1. The Kier molecular flexibility index (Phi) is 4.47. The van der Waals surface area contributed by atoms with Crippen molar-refractivity contribution in [2.75, 3.05) is 19.6 Å². The predicted octanol–water partition coefficient (Wildman–Crippen LogP) is 1.09. The molecule has 1 unspecified atom stereocenters. The molecule has 0 bridgehead atoms. The monoisotopic (exact) mass is 292 g/mol. The number of carboxylic acid groups (broad SMARTS) is 1. The summed E-state index contributed by atoms with van der Waals surface area (Å²) in [5.74, 6) is -0.948. The number of urea groups is 1. The molecule has 1 saturated heterocycles. The number of likely N-dealkylation sites (tertiary alicyclic amines) is 1. The number of rotatable bonds is 4. The van der Waals surface area contributed by atoms with Crippen LogP contribution in [0.2, 0.25) is 0 Å². The Morgan fingerprint density at radius 1 is 1.33 bits per heavy atom. The van der Waals surface area contributed by atoms with Gasteiger partial charge in [0.15, 0.2) is 0 Å². The number of benzene rings is 1. The molecule has 0 aliphatic carbocycles. The van der Waals surface area contributed by atoms with Crippen molar-refractivity contribution in [3.63, 3.8) is 0 Å². The topological polar surface area (TPSA) is 89.9 Å². The van der Waals surface area contributed by atoms with Gasteiger partial charge in [0, 0.05) is 13.1 Å². The van der Waals surface area contributed by atoms with Crippen LogP contribution < -0.4 is 5.32 Å². The molecule has 0 aromatic heterocycles. The molecule has 2 rings (SSSR count). The Morgan fingerprint density at radius 2 is 2.00 bits per heavy atom. The highest BCUT2D eigenvalue weighted by atomic mass is 16.4. The molecule has 3 N–H and O–H groups in total. The lowest BCUT2D eigenvalue weighted by molar-refractivity contribution is 0.0695. The van der Waals surface area contributed by atoms with E-state index < -0.39 is 11.6 Å². The zero-order valence-corrected chi connectivity index (χ0v) is 12.0. The third-order valence-corrected chi connectivity index (χ3v) is 3.63. The second-order valence-electron chi connectivity index (χ2n) is 5.65. The van der Waals surface area contributed by atoms with Gasteiger partial charge in [-0.25, -0.2) is 9.59 Å². The molecule has 6 heteroatoms. The molecule has 0 saturated carbocycles. The van der Waals surface area contributed by atoms with Crippen molar-refractivity contribution >= 4 is 12.0 Å². The second-order valence-corrected chi connectivity index (χ2v) is 5.65. The number of carbonyl (C=O) groups excluding carboxylic acids is 1. The molecule has 1 fully saturated rings. The highest BCUT2D eigenvalue weighted by Crippen LogP contribution is 2.19. The number of carboxylic acids is 1. The second kappa shape index (κ2) is 6.13. The Bertz CT molecular complexity index is 525. The number of hydrogen-bond acceptors (Lipinski definition) is 3. The van der Waals surface area contributed by atoms with Gasteiger partial charge in [-0.15, -0.1) is 0 Å². The van der Waals surface area contributed by atoms with Gasteiger partial charge in [0.2, 0.25) is 0 Å². The average molecular weight is 292 g/mol. The first-order valence-electron chi connectivity index (χ1n) is 6.95. The van der Waals surface area contributed by atoms with Crippen LogP contribution in [0.3, 0.4) is 0 Å². The van der Waals surface area contributed by atoms with Crippen LogP contribution in [0.25, 0.3) is 0 Å². The minimum absolute atomic E-state index is 0.171. The molecule has 1 aliphatic heterocycles. The standard InChI is InChI=1S/C15H20N2O4/c1-15(21)7-9-17(10-15)14(20)16-8-6-11-2-4-12(5-3-11)13(18)19/h2-5,21H,6-10H2,1H3,(H,16,20)(H,18,19). The van der Waals surface area contributed by atoms with Gasteiger partial charge in [0.25, 0.3) is 0 Å². The van der Waals surface area contributed by atoms with Crippen LogP contribution in [0.4, 0.5) is 4.79 Å². The zero-order chi connectivity index (χ0) is 15.5. The Labute approximate surface area is 123 Å². The average Bonchev–Trinajstić information content (AvgIpc) is 2.79. The summed E-state index contributed by atoms with van der Waals surface area (Å²) < 4.78 is 0. The van der Waals surface area contributed by atoms with E-state index >= 15 is 0 Å². The largest absolute Gasteiger partial charge is 0.478 e. The van der Waals surface area contributed by atoms with Gasteiger partial charge in [0.1, 0.15) is 0 Å². The van der Waals surface area contributed by atoms with E-state index in [1.807, 2.05) is 0 Å².